The Morgan fingerprint density at radius 1 is 1.43 bits per heavy atom. The summed E-state index contributed by atoms with van der Waals surface area (Å²) in [6, 6.07) is 0.419. The standard InChI is InChI=1S/C11H23NOS/c1-6-9(11(5)7-8-11)12-14(13)10(2,3)4/h9,12H,6-8H2,1-5H3/t9-,14?/m1/s1. The summed E-state index contributed by atoms with van der Waals surface area (Å²) in [7, 11) is 0. The first-order valence-corrected chi connectivity index (χ1v) is 6.62. The van der Waals surface area contributed by atoms with Crippen LogP contribution in [0.4, 0.5) is 0 Å². The van der Waals surface area contributed by atoms with E-state index >= 15 is 0 Å². The van der Waals surface area contributed by atoms with Gasteiger partial charge in [0.2, 0.25) is 0 Å². The highest BCUT2D eigenvalue weighted by Gasteiger charge is 2.46. The number of hydrogen-bond acceptors (Lipinski definition) is 2. The highest BCUT2D eigenvalue weighted by atomic mass is 32.2. The Balaban J connectivity index is 2.49. The van der Waals surface area contributed by atoms with Gasteiger partial charge in [-0.3, -0.25) is 0 Å². The van der Waals surface area contributed by atoms with Gasteiger partial charge in [0.1, 0.15) is 4.75 Å². The van der Waals surface area contributed by atoms with Crippen LogP contribution in [0.25, 0.3) is 0 Å². The maximum Gasteiger partial charge on any atom is 0.136 e. The minimum absolute atomic E-state index is 0.154. The van der Waals surface area contributed by atoms with Gasteiger partial charge in [-0.05, 0) is 45.4 Å². The molecule has 2 nitrogen and oxygen atoms in total. The van der Waals surface area contributed by atoms with Crippen LogP contribution in [0.2, 0.25) is 0 Å². The Hall–Kier alpha value is 0.270. The molecule has 1 unspecified atom stereocenters. The maximum atomic E-state index is 11.9. The van der Waals surface area contributed by atoms with Crippen molar-refractivity contribution in [3.63, 3.8) is 0 Å². The van der Waals surface area contributed by atoms with Gasteiger partial charge in [0.25, 0.3) is 0 Å². The lowest BCUT2D eigenvalue weighted by Gasteiger charge is -2.30. The highest BCUT2D eigenvalue weighted by Crippen LogP contribution is 2.49. The lowest BCUT2D eigenvalue weighted by molar-refractivity contribution is 0.385. The molecule has 0 aromatic carbocycles. The molecule has 0 aliphatic heterocycles. The molecule has 0 spiro atoms. The van der Waals surface area contributed by atoms with Crippen molar-refractivity contribution in [1.29, 1.82) is 0 Å². The smallest absolute Gasteiger partial charge is 0.136 e. The molecule has 0 heterocycles. The van der Waals surface area contributed by atoms with Crippen molar-refractivity contribution in [2.24, 2.45) is 5.41 Å². The van der Waals surface area contributed by atoms with Crippen molar-refractivity contribution in [2.75, 3.05) is 0 Å². The molecule has 0 aromatic rings. The van der Waals surface area contributed by atoms with E-state index in [-0.39, 0.29) is 4.75 Å². The van der Waals surface area contributed by atoms with E-state index in [9.17, 15) is 4.55 Å². The second-order valence-corrected chi connectivity index (χ2v) is 7.61. The second-order valence-electron chi connectivity index (χ2n) is 5.61. The molecular weight excluding hydrogens is 194 g/mol. The largest absolute Gasteiger partial charge is 0.598 e. The summed E-state index contributed by atoms with van der Waals surface area (Å²) in [4.78, 5) is 0. The fourth-order valence-electron chi connectivity index (χ4n) is 1.57. The van der Waals surface area contributed by atoms with Crippen LogP contribution in [0, 0.1) is 5.41 Å². The van der Waals surface area contributed by atoms with E-state index in [0.29, 0.717) is 11.5 Å². The van der Waals surface area contributed by atoms with Crippen LogP contribution in [0.5, 0.6) is 0 Å². The monoisotopic (exact) mass is 217 g/mol. The fraction of sp³-hybridized carbons (Fsp3) is 1.00. The van der Waals surface area contributed by atoms with Crippen molar-refractivity contribution in [2.45, 2.75) is 64.7 Å². The molecule has 1 saturated carbocycles. The predicted octanol–water partition coefficient (Wildman–Crippen LogP) is 2.62. The molecular formula is C11H23NOS. The summed E-state index contributed by atoms with van der Waals surface area (Å²) < 4.78 is 15.0. The molecule has 0 saturated heterocycles. The van der Waals surface area contributed by atoms with Gasteiger partial charge in [-0.25, -0.2) is 0 Å². The average Bonchev–Trinajstić information content (AvgIpc) is 2.78. The summed E-state index contributed by atoms with van der Waals surface area (Å²) in [5.41, 5.74) is 0.412. The van der Waals surface area contributed by atoms with Crippen LogP contribution in [0.15, 0.2) is 0 Å². The van der Waals surface area contributed by atoms with Gasteiger partial charge in [-0.15, -0.1) is 4.72 Å². The summed E-state index contributed by atoms with van der Waals surface area (Å²) in [6.07, 6.45) is 3.62. The zero-order valence-electron chi connectivity index (χ0n) is 10.0. The van der Waals surface area contributed by atoms with Gasteiger partial charge in [-0.2, -0.15) is 0 Å². The first kappa shape index (κ1) is 12.3. The second kappa shape index (κ2) is 4.03. The van der Waals surface area contributed by atoms with Crippen LogP contribution in [0.1, 0.15) is 53.9 Å². The van der Waals surface area contributed by atoms with Crippen LogP contribution in [-0.2, 0) is 11.4 Å². The maximum absolute atomic E-state index is 11.9. The molecule has 1 aliphatic rings. The average molecular weight is 217 g/mol. The molecule has 1 fully saturated rings. The summed E-state index contributed by atoms with van der Waals surface area (Å²) in [6.45, 7) is 10.5. The van der Waals surface area contributed by atoms with E-state index in [4.69, 9.17) is 0 Å². The van der Waals surface area contributed by atoms with Gasteiger partial charge in [-0.1, -0.05) is 13.8 Å². The van der Waals surface area contributed by atoms with Gasteiger partial charge in [0.15, 0.2) is 0 Å². The topological polar surface area (TPSA) is 35.1 Å². The fourth-order valence-corrected chi connectivity index (χ4v) is 2.63. The molecule has 0 radical (unpaired) electrons. The quantitative estimate of drug-likeness (QED) is 0.735. The first-order valence-electron chi connectivity index (χ1n) is 5.47. The third kappa shape index (κ3) is 2.88. The van der Waals surface area contributed by atoms with Crippen LogP contribution < -0.4 is 4.72 Å². The normalized spacial score (nSPS) is 24.4. The lowest BCUT2D eigenvalue weighted by Crippen LogP contribution is -2.47. The number of hydrogen-bond donors (Lipinski definition) is 1. The van der Waals surface area contributed by atoms with Crippen molar-refractivity contribution in [1.82, 2.24) is 4.72 Å². The zero-order valence-corrected chi connectivity index (χ0v) is 10.8. The van der Waals surface area contributed by atoms with Crippen LogP contribution in [-0.4, -0.2) is 15.3 Å². The Kier molecular flexibility index (Phi) is 3.55. The van der Waals surface area contributed by atoms with Crippen molar-refractivity contribution >= 4 is 11.4 Å². The van der Waals surface area contributed by atoms with Crippen molar-refractivity contribution in [3.05, 3.63) is 0 Å². The Labute approximate surface area is 91.2 Å². The van der Waals surface area contributed by atoms with Gasteiger partial charge in [0, 0.05) is 11.4 Å². The third-order valence-electron chi connectivity index (χ3n) is 3.09. The van der Waals surface area contributed by atoms with Crippen molar-refractivity contribution in [3.8, 4) is 0 Å². The minimum Gasteiger partial charge on any atom is -0.598 e. The summed E-state index contributed by atoms with van der Waals surface area (Å²) in [5, 5.41) is 0. The van der Waals surface area contributed by atoms with Crippen LogP contribution >= 0.6 is 0 Å². The molecule has 0 aromatic heterocycles. The Bertz CT molecular complexity index is 196. The van der Waals surface area contributed by atoms with Gasteiger partial charge in [0.05, 0.1) is 6.04 Å². The summed E-state index contributed by atoms with van der Waals surface area (Å²) in [5.74, 6) is 0. The molecule has 2 atom stereocenters. The molecule has 1 aliphatic carbocycles. The molecule has 0 bridgehead atoms. The molecule has 84 valence electrons. The first-order chi connectivity index (χ1) is 6.29. The molecule has 1 rings (SSSR count). The summed E-state index contributed by atoms with van der Waals surface area (Å²) >= 11 is -0.924. The number of nitrogens with one attached hydrogen (secondary N) is 1. The lowest BCUT2D eigenvalue weighted by atomic mass is 9.98. The Morgan fingerprint density at radius 2 is 1.93 bits per heavy atom. The molecule has 14 heavy (non-hydrogen) atoms. The molecule has 3 heteroatoms. The van der Waals surface area contributed by atoms with E-state index in [1.54, 1.807) is 0 Å². The minimum atomic E-state index is -0.924. The predicted molar refractivity (Wildman–Crippen MR) is 62.5 cm³/mol. The van der Waals surface area contributed by atoms with E-state index in [0.717, 1.165) is 6.42 Å². The van der Waals surface area contributed by atoms with E-state index in [1.807, 2.05) is 20.8 Å². The van der Waals surface area contributed by atoms with Gasteiger partial charge < -0.3 is 4.55 Å². The molecule has 1 N–H and O–H groups in total. The van der Waals surface area contributed by atoms with Gasteiger partial charge >= 0.3 is 0 Å². The van der Waals surface area contributed by atoms with E-state index < -0.39 is 11.4 Å². The highest BCUT2D eigenvalue weighted by molar-refractivity contribution is 7.90. The zero-order chi connectivity index (χ0) is 11.0. The SMILES string of the molecule is CC[C@@H](N[S+]([O-])C(C)(C)C)C1(C)CC1. The van der Waals surface area contributed by atoms with Crippen molar-refractivity contribution < 1.29 is 4.55 Å². The molecule has 0 amide bonds. The third-order valence-corrected chi connectivity index (χ3v) is 4.70. The van der Waals surface area contributed by atoms with E-state index in [2.05, 4.69) is 18.6 Å². The Morgan fingerprint density at radius 3 is 2.21 bits per heavy atom. The number of rotatable bonds is 4. The van der Waals surface area contributed by atoms with E-state index in [1.165, 1.54) is 12.8 Å². The van der Waals surface area contributed by atoms with Crippen LogP contribution in [0.3, 0.4) is 0 Å².